The van der Waals surface area contributed by atoms with E-state index in [1.54, 1.807) is 84.9 Å². The molecule has 0 saturated heterocycles. The van der Waals surface area contributed by atoms with Gasteiger partial charge in [-0.3, -0.25) is 19.4 Å². The summed E-state index contributed by atoms with van der Waals surface area (Å²) in [4.78, 5) is 35.9. The Hall–Kier alpha value is -17.6. The normalized spacial score (nSPS) is 9.50. The van der Waals surface area contributed by atoms with E-state index in [1.165, 1.54) is 22.0 Å². The number of hydrogen-bond donors (Lipinski definition) is 4. The van der Waals surface area contributed by atoms with Crippen LogP contribution in [0.5, 0.6) is 0 Å². The summed E-state index contributed by atoms with van der Waals surface area (Å²) in [6.45, 7) is 13.2. The molecule has 143 heavy (non-hydrogen) atoms. The van der Waals surface area contributed by atoms with Crippen molar-refractivity contribution in [2.45, 2.75) is 0 Å². The predicted molar refractivity (Wildman–Crippen MR) is 539 cm³/mol. The molecule has 6 heterocycles. The molecular formula is C100H70Cl4N30Na2O6S. The molecule has 692 valence electrons. The number of anilines is 1. The van der Waals surface area contributed by atoms with E-state index in [-0.39, 0.29) is 65.0 Å². The SMILES string of the molecule is ClC(=Nc1ccccc1)c1ccccc1.N#Cc1ccc(-c2nnc(-c3ccccc3)o2)cc1.N#Cc1ccc(-c2nnc(-c3ccccc3)o2)cc1.O=C(Nc1ccccc1)c1ccccc1.O=S(Cl)Cl.[C-]#[N+]c1ccc(C(=O)Cl)cc1.[C-]#[N+]c1ccccc1.[N-]=[N+]=[N-].[N-]=[N+]=[N-].[Na+].[Na+].c1ccc(-c2nn[nH]n2)cc1.c1ccc(-c2nn[nH]n2)cc1.c1ccc(-c2nnc(-c3ccc(-c4nn[nH]n4)cc3)o2)cc1. The van der Waals surface area contributed by atoms with Gasteiger partial charge >= 0.3 is 59.1 Å². The van der Waals surface area contributed by atoms with Gasteiger partial charge in [0.15, 0.2) is 11.4 Å². The van der Waals surface area contributed by atoms with Gasteiger partial charge in [-0.2, -0.15) is 26.2 Å². The molecule has 4 N–H and O–H groups in total. The van der Waals surface area contributed by atoms with Crippen LogP contribution < -0.4 is 64.4 Å². The Kier molecular flexibility index (Phi) is 51.3. The number of aromatic amines is 3. The Morgan fingerprint density at radius 2 is 0.580 bits per heavy atom. The molecule has 0 fully saturated rings. The summed E-state index contributed by atoms with van der Waals surface area (Å²) in [6.07, 6.45) is 0. The van der Waals surface area contributed by atoms with E-state index >= 15 is 0 Å². The Morgan fingerprint density at radius 3 is 0.860 bits per heavy atom. The first kappa shape index (κ1) is 112. The van der Waals surface area contributed by atoms with E-state index in [0.29, 0.717) is 91.6 Å². The van der Waals surface area contributed by atoms with Crippen molar-refractivity contribution in [1.29, 1.82) is 10.5 Å². The summed E-state index contributed by atoms with van der Waals surface area (Å²) in [6, 6.07) is 127. The molecule has 6 aromatic heterocycles. The van der Waals surface area contributed by atoms with E-state index in [0.717, 1.165) is 67.0 Å². The molecule has 0 unspecified atom stereocenters. The van der Waals surface area contributed by atoms with E-state index < -0.39 is 14.5 Å². The maximum atomic E-state index is 11.7. The maximum absolute atomic E-state index is 11.7. The average Bonchev–Trinajstić information content (AvgIpc) is 1.70. The molecule has 20 rings (SSSR count). The van der Waals surface area contributed by atoms with Gasteiger partial charge in [0.1, 0.15) is 5.17 Å². The monoisotopic (exact) mass is 2000 g/mol. The minimum absolute atomic E-state index is 0. The first-order valence-electron chi connectivity index (χ1n) is 40.7. The largest absolute Gasteiger partial charge is 1.00 e. The van der Waals surface area contributed by atoms with Crippen LogP contribution in [0, 0.1) is 35.8 Å². The number of nitrogens with one attached hydrogen (secondary N) is 4. The third-order valence-electron chi connectivity index (χ3n) is 17.5. The van der Waals surface area contributed by atoms with Crippen molar-refractivity contribution in [3.05, 3.63) is 483 Å². The molecule has 0 aliphatic heterocycles. The molecule has 1 amide bonds. The van der Waals surface area contributed by atoms with Gasteiger partial charge < -0.3 is 40.7 Å². The van der Waals surface area contributed by atoms with Crippen molar-refractivity contribution >= 4 is 92.9 Å². The zero-order valence-electron chi connectivity index (χ0n) is 75.1. The van der Waals surface area contributed by atoms with Crippen LogP contribution in [0.2, 0.25) is 0 Å². The molecule has 36 nitrogen and oxygen atoms in total. The number of benzene rings is 14. The second-order valence-corrected chi connectivity index (χ2v) is 30.0. The molecule has 0 bridgehead atoms. The fourth-order valence-electron chi connectivity index (χ4n) is 11.0. The van der Waals surface area contributed by atoms with Gasteiger partial charge in [-0.25, -0.2) is 18.9 Å². The quantitative estimate of drug-likeness (QED) is 0.0149. The van der Waals surface area contributed by atoms with E-state index in [9.17, 15) is 9.59 Å². The number of carbonyl (C=O) groups excluding carboxylic acids is 2. The zero-order chi connectivity index (χ0) is 100. The van der Waals surface area contributed by atoms with Crippen LogP contribution in [0.4, 0.5) is 22.7 Å². The number of para-hydroxylation sites is 3. The van der Waals surface area contributed by atoms with Crippen LogP contribution in [0.15, 0.2) is 419 Å². The van der Waals surface area contributed by atoms with Gasteiger partial charge in [-0.05, 0) is 161 Å². The topological polar surface area (TPSA) is 529 Å². The Balaban J connectivity index is 0.000000218. The Bertz CT molecular complexity index is 7150. The fourth-order valence-corrected chi connectivity index (χ4v) is 11.4. The molecule has 43 heteroatoms. The van der Waals surface area contributed by atoms with Gasteiger partial charge in [-0.1, -0.05) is 279 Å². The standard InChI is InChI=1S/C15H10N6O.2C15H9N3O.C13H10ClN.C13H11NO.C8H4ClNO.2C7H6N4.C7H5N.Cl2OS.2N3.2Na/c1-2-4-11(5-3-1)14-18-19-15(22-14)12-8-6-10(7-9-12)13-16-20-21-17-13;2*16-10-11-6-8-13(9-7-11)15-18-17-14(19-15)12-4-2-1-3-5-12;14-13(11-7-3-1-4-8-11)15-12-9-5-2-6-10-12;15-13(11-7-3-1-4-8-11)14-12-9-5-2-6-10-12;1-10-7-4-2-6(3-5-7)8(9)11;2*1-2-4-6(5-3-1)7-8-10-11-9-7;1-8-7-5-3-2-4-6-7;1-4(2)3;2*1-3-2;;/h1-9H,(H,16,17,20,21);2*1-9H;1-10H;1-10H,(H,14,15);2-5H;2*1-5H,(H,8,9,10,11);2-6H;;;;;/q;;;;;;;;;;2*-1;2*+1. The number of aromatic nitrogens is 18. The molecule has 20 aromatic rings. The molecule has 0 radical (unpaired) electrons. The number of nitriles is 2. The van der Waals surface area contributed by atoms with Crippen LogP contribution in [0.1, 0.15) is 37.4 Å². The van der Waals surface area contributed by atoms with Gasteiger partial charge in [0, 0.05) is 93.8 Å². The van der Waals surface area contributed by atoms with Gasteiger partial charge in [0.25, 0.3) is 11.1 Å². The van der Waals surface area contributed by atoms with Crippen LogP contribution >= 0.6 is 44.6 Å². The van der Waals surface area contributed by atoms with Crippen molar-refractivity contribution in [3.63, 3.8) is 0 Å². The fraction of sp³-hybridized carbons (Fsp3) is 0. The Morgan fingerprint density at radius 1 is 0.336 bits per heavy atom. The number of amides is 1. The number of hydrogen-bond acceptors (Lipinski definition) is 24. The summed E-state index contributed by atoms with van der Waals surface area (Å²) in [5.41, 5.74) is 41.0. The number of H-pyrrole nitrogens is 3. The molecule has 0 spiro atoms. The van der Waals surface area contributed by atoms with E-state index in [4.69, 9.17) is 86.5 Å². The first-order valence-corrected chi connectivity index (χ1v) is 44.3. The summed E-state index contributed by atoms with van der Waals surface area (Å²) in [5.74, 6) is 4.56. The number of nitrogens with zero attached hydrogens (tertiary/aromatic N) is 26. The number of rotatable bonds is 14. The third kappa shape index (κ3) is 40.6. The van der Waals surface area contributed by atoms with E-state index in [2.05, 4.69) is 146 Å². The first-order chi connectivity index (χ1) is 69.0. The summed E-state index contributed by atoms with van der Waals surface area (Å²) in [7, 11) is 7.36. The van der Waals surface area contributed by atoms with Crippen molar-refractivity contribution < 1.29 is 86.2 Å². The van der Waals surface area contributed by atoms with Crippen LogP contribution in [0.3, 0.4) is 0 Å². The molecule has 0 atom stereocenters. The predicted octanol–water partition coefficient (Wildman–Crippen LogP) is 19.4. The molecule has 0 aliphatic rings. The number of carbonyl (C=O) groups is 2. The number of halogens is 4. The average molecular weight is 2010 g/mol. The maximum Gasteiger partial charge on any atom is 1.00 e. The second-order valence-electron chi connectivity index (χ2n) is 26.8. The third-order valence-corrected chi connectivity index (χ3v) is 18.0. The molecule has 0 aliphatic carbocycles. The minimum Gasteiger partial charge on any atom is -0.416 e. The van der Waals surface area contributed by atoms with Crippen molar-refractivity contribution in [2.75, 3.05) is 5.32 Å². The van der Waals surface area contributed by atoms with Crippen molar-refractivity contribution in [1.82, 2.24) is 92.5 Å². The van der Waals surface area contributed by atoms with Gasteiger partial charge in [0.05, 0.1) is 42.1 Å². The summed E-state index contributed by atoms with van der Waals surface area (Å²) < 4.78 is 26.0. The Labute approximate surface area is 882 Å². The summed E-state index contributed by atoms with van der Waals surface area (Å²) in [5, 5.41) is 85.5. The number of tetrazole rings is 3. The molecular weight excluding hydrogens is 1940 g/mol. The van der Waals surface area contributed by atoms with Crippen LogP contribution in [-0.2, 0) is 9.23 Å². The van der Waals surface area contributed by atoms with Crippen LogP contribution in [-0.4, -0.2) is 113 Å². The molecule has 14 aromatic carbocycles. The van der Waals surface area contributed by atoms with Crippen molar-refractivity contribution in [2.24, 2.45) is 4.99 Å². The smallest absolute Gasteiger partial charge is 0.416 e. The zero-order valence-corrected chi connectivity index (χ0v) is 82.9. The van der Waals surface area contributed by atoms with E-state index in [1.807, 2.05) is 303 Å². The van der Waals surface area contributed by atoms with Crippen molar-refractivity contribution in [3.8, 4) is 115 Å². The second kappa shape index (κ2) is 65.2. The van der Waals surface area contributed by atoms with Gasteiger partial charge in [-0.15, -0.1) is 61.2 Å². The minimum atomic E-state index is -1.67. The molecule has 0 saturated carbocycles. The summed E-state index contributed by atoms with van der Waals surface area (Å²) >= 11 is 11.3. The van der Waals surface area contributed by atoms with Gasteiger partial charge in [0.2, 0.25) is 62.0 Å². The van der Waals surface area contributed by atoms with Crippen LogP contribution in [0.25, 0.3) is 145 Å². The number of aliphatic imine (C=N–C) groups is 1.